The Balaban J connectivity index is 1.76. The van der Waals surface area contributed by atoms with Crippen LogP contribution in [0.5, 0.6) is 5.75 Å². The summed E-state index contributed by atoms with van der Waals surface area (Å²) in [4.78, 5) is 13.8. The van der Waals surface area contributed by atoms with Crippen molar-refractivity contribution in [1.82, 2.24) is 9.21 Å². The van der Waals surface area contributed by atoms with Crippen LogP contribution in [0.3, 0.4) is 0 Å². The predicted octanol–water partition coefficient (Wildman–Crippen LogP) is 0.598. The van der Waals surface area contributed by atoms with Crippen molar-refractivity contribution in [2.24, 2.45) is 0 Å². The Morgan fingerprint density at radius 3 is 2.35 bits per heavy atom. The Bertz CT molecular complexity index is 745. The fraction of sp³-hybridized carbons (Fsp3) is 0.562. The van der Waals surface area contributed by atoms with E-state index in [2.05, 4.69) is 0 Å². The molecule has 2 aliphatic heterocycles. The molecule has 0 bridgehead atoms. The molecular formula is C16H21ClN2O6S. The number of benzene rings is 1. The molecule has 2 fully saturated rings. The second-order valence-electron chi connectivity index (χ2n) is 5.89. The van der Waals surface area contributed by atoms with Crippen molar-refractivity contribution in [2.45, 2.75) is 4.90 Å². The zero-order valence-electron chi connectivity index (χ0n) is 14.2. The topological polar surface area (TPSA) is 85.4 Å². The zero-order valence-corrected chi connectivity index (χ0v) is 15.8. The minimum Gasteiger partial charge on any atom is -0.482 e. The van der Waals surface area contributed by atoms with Crippen LogP contribution >= 0.6 is 11.6 Å². The summed E-state index contributed by atoms with van der Waals surface area (Å²) in [5.41, 5.74) is 0. The third-order valence-electron chi connectivity index (χ3n) is 4.21. The maximum atomic E-state index is 12.9. The smallest absolute Gasteiger partial charge is 0.260 e. The average molecular weight is 405 g/mol. The molecule has 3 rings (SSSR count). The Morgan fingerprint density at radius 2 is 1.69 bits per heavy atom. The van der Waals surface area contributed by atoms with Crippen LogP contribution < -0.4 is 4.74 Å². The Labute approximate surface area is 157 Å². The molecule has 1 aromatic carbocycles. The van der Waals surface area contributed by atoms with E-state index in [-0.39, 0.29) is 41.3 Å². The number of nitrogens with zero attached hydrogens (tertiary/aromatic N) is 2. The Morgan fingerprint density at radius 1 is 1.08 bits per heavy atom. The second kappa shape index (κ2) is 8.53. The van der Waals surface area contributed by atoms with E-state index >= 15 is 0 Å². The van der Waals surface area contributed by atoms with Crippen molar-refractivity contribution in [1.29, 1.82) is 0 Å². The van der Waals surface area contributed by atoms with E-state index in [0.29, 0.717) is 39.5 Å². The quantitative estimate of drug-likeness (QED) is 0.714. The van der Waals surface area contributed by atoms with Crippen molar-refractivity contribution in [3.05, 3.63) is 23.2 Å². The molecule has 0 spiro atoms. The molecule has 1 aromatic rings. The maximum absolute atomic E-state index is 12.9. The van der Waals surface area contributed by atoms with Gasteiger partial charge in [0, 0.05) is 31.2 Å². The van der Waals surface area contributed by atoms with Gasteiger partial charge in [-0.3, -0.25) is 4.79 Å². The summed E-state index contributed by atoms with van der Waals surface area (Å²) >= 11 is 5.99. The SMILES string of the molecule is O=C(COc1ccc(Cl)cc1S(=O)(=O)N1CCOCC1)N1CCOCC1. The van der Waals surface area contributed by atoms with Crippen LogP contribution in [0.15, 0.2) is 23.1 Å². The first-order valence-corrected chi connectivity index (χ1v) is 10.2. The number of hydrogen-bond donors (Lipinski definition) is 0. The van der Waals surface area contributed by atoms with Crippen LogP contribution in [0, 0.1) is 0 Å². The first-order valence-electron chi connectivity index (χ1n) is 8.34. The van der Waals surface area contributed by atoms with Gasteiger partial charge in [-0.05, 0) is 18.2 Å². The molecule has 8 nitrogen and oxygen atoms in total. The van der Waals surface area contributed by atoms with E-state index in [1.165, 1.54) is 22.5 Å². The fourth-order valence-corrected chi connectivity index (χ4v) is 4.57. The second-order valence-corrected chi connectivity index (χ2v) is 8.23. The van der Waals surface area contributed by atoms with Crippen LogP contribution in [0.1, 0.15) is 0 Å². The lowest BCUT2D eigenvalue weighted by Crippen LogP contribution is -2.43. The number of halogens is 1. The number of hydrogen-bond acceptors (Lipinski definition) is 6. The molecule has 2 saturated heterocycles. The lowest BCUT2D eigenvalue weighted by Gasteiger charge is -2.28. The maximum Gasteiger partial charge on any atom is 0.260 e. The summed E-state index contributed by atoms with van der Waals surface area (Å²) in [6.45, 7) is 2.95. The third kappa shape index (κ3) is 4.47. The molecule has 0 atom stereocenters. The van der Waals surface area contributed by atoms with E-state index in [0.717, 1.165) is 0 Å². The highest BCUT2D eigenvalue weighted by molar-refractivity contribution is 7.89. The van der Waals surface area contributed by atoms with Gasteiger partial charge in [-0.1, -0.05) is 11.6 Å². The highest BCUT2D eigenvalue weighted by Crippen LogP contribution is 2.30. The summed E-state index contributed by atoms with van der Waals surface area (Å²) < 4.78 is 43.2. The van der Waals surface area contributed by atoms with Gasteiger partial charge in [-0.25, -0.2) is 8.42 Å². The molecule has 144 valence electrons. The minimum atomic E-state index is -3.79. The number of carbonyl (C=O) groups excluding carboxylic acids is 1. The molecule has 0 saturated carbocycles. The number of morpholine rings is 2. The Kier molecular flexibility index (Phi) is 6.36. The Hall–Kier alpha value is -1.39. The molecule has 0 unspecified atom stereocenters. The van der Waals surface area contributed by atoms with E-state index in [1.807, 2.05) is 0 Å². The van der Waals surface area contributed by atoms with Gasteiger partial charge < -0.3 is 19.1 Å². The molecule has 2 aliphatic rings. The minimum absolute atomic E-state index is 0.0401. The van der Waals surface area contributed by atoms with Gasteiger partial charge in [0.15, 0.2) is 6.61 Å². The molecule has 0 aromatic heterocycles. The predicted molar refractivity (Wildman–Crippen MR) is 93.9 cm³/mol. The van der Waals surface area contributed by atoms with Crippen molar-refractivity contribution >= 4 is 27.5 Å². The monoisotopic (exact) mass is 404 g/mol. The van der Waals surface area contributed by atoms with Gasteiger partial charge in [-0.2, -0.15) is 4.31 Å². The van der Waals surface area contributed by atoms with Crippen LogP contribution in [-0.4, -0.2) is 82.7 Å². The van der Waals surface area contributed by atoms with Crippen molar-refractivity contribution in [3.63, 3.8) is 0 Å². The molecular weight excluding hydrogens is 384 g/mol. The summed E-state index contributed by atoms with van der Waals surface area (Å²) in [6, 6.07) is 4.36. The summed E-state index contributed by atoms with van der Waals surface area (Å²) in [5.74, 6) is -0.0968. The standard InChI is InChI=1S/C16H21ClN2O6S/c17-13-1-2-14(25-12-16(20)18-3-7-23-8-4-18)15(11-13)26(21,22)19-5-9-24-10-6-19/h1-2,11H,3-10,12H2. The van der Waals surface area contributed by atoms with E-state index in [1.54, 1.807) is 4.90 Å². The van der Waals surface area contributed by atoms with Gasteiger partial charge in [-0.15, -0.1) is 0 Å². The summed E-state index contributed by atoms with van der Waals surface area (Å²) in [5, 5.41) is 0.281. The van der Waals surface area contributed by atoms with Gasteiger partial charge in [0.05, 0.1) is 26.4 Å². The number of ether oxygens (including phenoxy) is 3. The van der Waals surface area contributed by atoms with E-state index in [9.17, 15) is 13.2 Å². The van der Waals surface area contributed by atoms with Crippen molar-refractivity contribution < 1.29 is 27.4 Å². The lowest BCUT2D eigenvalue weighted by molar-refractivity contribution is -0.137. The van der Waals surface area contributed by atoms with Crippen LogP contribution in [0.2, 0.25) is 5.02 Å². The molecule has 10 heteroatoms. The van der Waals surface area contributed by atoms with Gasteiger partial charge in [0.25, 0.3) is 5.91 Å². The molecule has 0 aliphatic carbocycles. The first kappa shape index (κ1) is 19.4. The van der Waals surface area contributed by atoms with Gasteiger partial charge in [0.2, 0.25) is 10.0 Å². The lowest BCUT2D eigenvalue weighted by atomic mass is 10.3. The number of carbonyl (C=O) groups is 1. The molecule has 0 radical (unpaired) electrons. The van der Waals surface area contributed by atoms with Crippen LogP contribution in [0.25, 0.3) is 0 Å². The van der Waals surface area contributed by atoms with E-state index in [4.69, 9.17) is 25.8 Å². The van der Waals surface area contributed by atoms with Crippen molar-refractivity contribution in [3.8, 4) is 5.75 Å². The largest absolute Gasteiger partial charge is 0.482 e. The zero-order chi connectivity index (χ0) is 18.6. The molecule has 2 heterocycles. The third-order valence-corrected chi connectivity index (χ3v) is 6.36. The highest BCUT2D eigenvalue weighted by atomic mass is 35.5. The van der Waals surface area contributed by atoms with Crippen LogP contribution in [0.4, 0.5) is 0 Å². The van der Waals surface area contributed by atoms with Gasteiger partial charge in [0.1, 0.15) is 10.6 Å². The summed E-state index contributed by atoms with van der Waals surface area (Å²) in [7, 11) is -3.79. The summed E-state index contributed by atoms with van der Waals surface area (Å²) in [6.07, 6.45) is 0. The number of amides is 1. The van der Waals surface area contributed by atoms with Crippen molar-refractivity contribution in [2.75, 3.05) is 59.2 Å². The fourth-order valence-electron chi connectivity index (χ4n) is 2.77. The number of sulfonamides is 1. The van der Waals surface area contributed by atoms with Crippen LogP contribution in [-0.2, 0) is 24.3 Å². The highest BCUT2D eigenvalue weighted by Gasteiger charge is 2.30. The normalized spacial score (nSPS) is 19.3. The first-order chi connectivity index (χ1) is 12.5. The number of rotatable bonds is 5. The molecule has 26 heavy (non-hydrogen) atoms. The average Bonchev–Trinajstić information content (AvgIpc) is 2.68. The molecule has 0 N–H and O–H groups in total. The van der Waals surface area contributed by atoms with E-state index < -0.39 is 10.0 Å². The van der Waals surface area contributed by atoms with Gasteiger partial charge >= 0.3 is 0 Å². The molecule has 1 amide bonds.